The van der Waals surface area contributed by atoms with Crippen LogP contribution in [-0.2, 0) is 20.8 Å². The van der Waals surface area contributed by atoms with E-state index in [0.29, 0.717) is 43.8 Å². The van der Waals surface area contributed by atoms with Crippen LogP contribution in [0.15, 0.2) is 29.1 Å². The molecule has 1 aromatic carbocycles. The highest BCUT2D eigenvalue weighted by Gasteiger charge is 2.26. The SMILES string of the molecule is COC(=O)[C@@H](CC(C)C)NC(=O)n1c(=O)n(CCN2CCOCC2)c2ccccc21. The molecule has 1 saturated heterocycles. The van der Waals surface area contributed by atoms with Crippen LogP contribution in [0, 0.1) is 5.92 Å². The number of fused-ring (bicyclic) bond motifs is 1. The topological polar surface area (TPSA) is 94.8 Å². The fourth-order valence-corrected chi connectivity index (χ4v) is 3.73. The first-order valence-electron chi connectivity index (χ1n) is 10.3. The Labute approximate surface area is 175 Å². The Balaban J connectivity index is 1.87. The molecule has 3 rings (SSSR count). The molecule has 1 aromatic heterocycles. The summed E-state index contributed by atoms with van der Waals surface area (Å²) in [5, 5.41) is 2.68. The minimum Gasteiger partial charge on any atom is -0.467 e. The number of nitrogens with one attached hydrogen (secondary N) is 1. The Hall–Kier alpha value is -2.65. The van der Waals surface area contributed by atoms with Crippen LogP contribution in [0.2, 0.25) is 0 Å². The van der Waals surface area contributed by atoms with E-state index in [2.05, 4.69) is 10.2 Å². The number of carbonyl (C=O) groups excluding carboxylic acids is 2. The summed E-state index contributed by atoms with van der Waals surface area (Å²) < 4.78 is 12.9. The molecule has 164 valence electrons. The predicted octanol–water partition coefficient (Wildman–Crippen LogP) is 1.28. The first-order valence-corrected chi connectivity index (χ1v) is 10.3. The van der Waals surface area contributed by atoms with E-state index in [0.717, 1.165) is 17.7 Å². The number of nitrogens with zero attached hydrogens (tertiary/aromatic N) is 3. The van der Waals surface area contributed by atoms with Gasteiger partial charge in [0.25, 0.3) is 0 Å². The quantitative estimate of drug-likeness (QED) is 0.681. The molecule has 0 aliphatic carbocycles. The maximum absolute atomic E-state index is 13.2. The lowest BCUT2D eigenvalue weighted by atomic mass is 10.0. The number of para-hydroxylation sites is 2. The summed E-state index contributed by atoms with van der Waals surface area (Å²) >= 11 is 0. The van der Waals surface area contributed by atoms with Crippen molar-refractivity contribution in [2.75, 3.05) is 40.0 Å². The van der Waals surface area contributed by atoms with E-state index >= 15 is 0 Å². The van der Waals surface area contributed by atoms with Gasteiger partial charge < -0.3 is 14.8 Å². The molecule has 0 radical (unpaired) electrons. The molecule has 0 saturated carbocycles. The molecule has 30 heavy (non-hydrogen) atoms. The van der Waals surface area contributed by atoms with Crippen LogP contribution in [0.4, 0.5) is 4.79 Å². The predicted molar refractivity (Wildman–Crippen MR) is 113 cm³/mol. The van der Waals surface area contributed by atoms with Gasteiger partial charge in [-0.3, -0.25) is 9.47 Å². The standard InChI is InChI=1S/C21H30N4O5/c1-15(2)14-16(19(26)29-3)22-20(27)25-18-7-5-4-6-17(18)24(21(25)28)9-8-23-10-12-30-13-11-23/h4-7,15-16H,8-14H2,1-3H3,(H,22,27)/t16-/m1/s1. The molecule has 9 heteroatoms. The van der Waals surface area contributed by atoms with Gasteiger partial charge in [0.15, 0.2) is 0 Å². The largest absolute Gasteiger partial charge is 0.467 e. The van der Waals surface area contributed by atoms with Crippen molar-refractivity contribution in [1.82, 2.24) is 19.4 Å². The van der Waals surface area contributed by atoms with Gasteiger partial charge in [0.2, 0.25) is 0 Å². The zero-order chi connectivity index (χ0) is 21.7. The highest BCUT2D eigenvalue weighted by Crippen LogP contribution is 2.14. The number of morpholine rings is 1. The average Bonchev–Trinajstić information content (AvgIpc) is 3.02. The number of ether oxygens (including phenoxy) is 2. The Bertz CT molecular complexity index is 943. The van der Waals surface area contributed by atoms with E-state index in [1.165, 1.54) is 7.11 Å². The van der Waals surface area contributed by atoms with E-state index in [9.17, 15) is 14.4 Å². The number of amides is 1. The van der Waals surface area contributed by atoms with Crippen LogP contribution in [0.25, 0.3) is 11.0 Å². The molecule has 1 amide bonds. The number of benzene rings is 1. The van der Waals surface area contributed by atoms with Gasteiger partial charge in [0, 0.05) is 26.2 Å². The van der Waals surface area contributed by atoms with E-state index in [1.54, 1.807) is 16.7 Å². The van der Waals surface area contributed by atoms with Crippen LogP contribution in [0.3, 0.4) is 0 Å². The molecule has 0 unspecified atom stereocenters. The fourth-order valence-electron chi connectivity index (χ4n) is 3.73. The summed E-state index contributed by atoms with van der Waals surface area (Å²) in [5.74, 6) is -0.359. The van der Waals surface area contributed by atoms with Gasteiger partial charge in [-0.1, -0.05) is 26.0 Å². The molecule has 0 bridgehead atoms. The molecule has 1 aliphatic heterocycles. The zero-order valence-electron chi connectivity index (χ0n) is 17.8. The number of imidazole rings is 1. The molecular formula is C21H30N4O5. The molecule has 2 heterocycles. The summed E-state index contributed by atoms with van der Waals surface area (Å²) in [4.78, 5) is 40.5. The number of hydrogen-bond donors (Lipinski definition) is 1. The number of methoxy groups -OCH3 is 1. The van der Waals surface area contributed by atoms with Gasteiger partial charge in [-0.25, -0.2) is 19.0 Å². The van der Waals surface area contributed by atoms with Crippen LogP contribution in [-0.4, -0.2) is 72.0 Å². The van der Waals surface area contributed by atoms with Crippen molar-refractivity contribution >= 4 is 23.0 Å². The number of esters is 1. The van der Waals surface area contributed by atoms with Crippen molar-refractivity contribution in [3.63, 3.8) is 0 Å². The van der Waals surface area contributed by atoms with Crippen molar-refractivity contribution < 1.29 is 19.1 Å². The summed E-state index contributed by atoms with van der Waals surface area (Å²) in [6.45, 7) is 8.07. The monoisotopic (exact) mass is 418 g/mol. The Morgan fingerprint density at radius 1 is 1.13 bits per heavy atom. The summed E-state index contributed by atoms with van der Waals surface area (Å²) in [6.07, 6.45) is 0.419. The third kappa shape index (κ3) is 4.91. The van der Waals surface area contributed by atoms with Gasteiger partial charge in [0.1, 0.15) is 6.04 Å². The van der Waals surface area contributed by atoms with Crippen molar-refractivity contribution in [3.8, 4) is 0 Å². The summed E-state index contributed by atoms with van der Waals surface area (Å²) in [6, 6.07) is 5.74. The first-order chi connectivity index (χ1) is 14.4. The van der Waals surface area contributed by atoms with E-state index < -0.39 is 23.7 Å². The lowest BCUT2D eigenvalue weighted by Gasteiger charge is -2.26. The second-order valence-electron chi connectivity index (χ2n) is 7.87. The van der Waals surface area contributed by atoms with Gasteiger partial charge in [-0.05, 0) is 24.5 Å². The minimum atomic E-state index is -0.815. The van der Waals surface area contributed by atoms with Crippen molar-refractivity contribution in [1.29, 1.82) is 0 Å². The third-order valence-corrected chi connectivity index (χ3v) is 5.27. The third-order valence-electron chi connectivity index (χ3n) is 5.27. The van der Waals surface area contributed by atoms with Crippen molar-refractivity contribution in [2.24, 2.45) is 5.92 Å². The second kappa shape index (κ2) is 9.90. The number of hydrogen-bond acceptors (Lipinski definition) is 6. The molecular weight excluding hydrogens is 388 g/mol. The molecule has 1 aliphatic rings. The zero-order valence-corrected chi connectivity index (χ0v) is 17.8. The fraction of sp³-hybridized carbons (Fsp3) is 0.571. The van der Waals surface area contributed by atoms with E-state index in [1.807, 2.05) is 26.0 Å². The molecule has 2 aromatic rings. The smallest absolute Gasteiger partial charge is 0.337 e. The van der Waals surface area contributed by atoms with Crippen LogP contribution >= 0.6 is 0 Å². The maximum atomic E-state index is 13.2. The molecule has 0 spiro atoms. The minimum absolute atomic E-state index is 0.168. The molecule has 9 nitrogen and oxygen atoms in total. The van der Waals surface area contributed by atoms with Crippen LogP contribution in [0.5, 0.6) is 0 Å². The van der Waals surface area contributed by atoms with Crippen LogP contribution < -0.4 is 11.0 Å². The normalized spacial score (nSPS) is 16.0. The molecule has 1 N–H and O–H groups in total. The summed E-state index contributed by atoms with van der Waals surface area (Å²) in [5.41, 5.74) is 0.773. The van der Waals surface area contributed by atoms with E-state index in [4.69, 9.17) is 9.47 Å². The lowest BCUT2D eigenvalue weighted by molar-refractivity contribution is -0.143. The average molecular weight is 418 g/mol. The number of carbonyl (C=O) groups is 2. The second-order valence-corrected chi connectivity index (χ2v) is 7.87. The van der Waals surface area contributed by atoms with Crippen molar-refractivity contribution in [3.05, 3.63) is 34.7 Å². The van der Waals surface area contributed by atoms with Gasteiger partial charge in [-0.2, -0.15) is 0 Å². The van der Waals surface area contributed by atoms with Gasteiger partial charge in [-0.15, -0.1) is 0 Å². The maximum Gasteiger partial charge on any atom is 0.337 e. The van der Waals surface area contributed by atoms with Gasteiger partial charge >= 0.3 is 17.7 Å². The van der Waals surface area contributed by atoms with E-state index in [-0.39, 0.29) is 5.92 Å². The number of rotatable bonds is 7. The highest BCUT2D eigenvalue weighted by molar-refractivity contribution is 5.91. The van der Waals surface area contributed by atoms with Crippen LogP contribution in [0.1, 0.15) is 20.3 Å². The summed E-state index contributed by atoms with van der Waals surface area (Å²) in [7, 11) is 1.28. The Kier molecular flexibility index (Phi) is 7.28. The highest BCUT2D eigenvalue weighted by atomic mass is 16.5. The molecule has 1 fully saturated rings. The first kappa shape index (κ1) is 22.0. The number of aromatic nitrogens is 2. The Morgan fingerprint density at radius 2 is 1.80 bits per heavy atom. The lowest BCUT2D eigenvalue weighted by Crippen LogP contribution is -2.47. The molecule has 1 atom stereocenters. The Morgan fingerprint density at radius 3 is 2.43 bits per heavy atom. The van der Waals surface area contributed by atoms with Crippen molar-refractivity contribution in [2.45, 2.75) is 32.9 Å². The van der Waals surface area contributed by atoms with Gasteiger partial charge in [0.05, 0.1) is 31.4 Å².